The molecule has 0 atom stereocenters. The monoisotopic (exact) mass is 200 g/mol. The fourth-order valence-corrected chi connectivity index (χ4v) is 1.82. The van der Waals surface area contributed by atoms with Crippen molar-refractivity contribution >= 4 is 5.91 Å². The lowest BCUT2D eigenvalue weighted by atomic mass is 10.1. The SMILES string of the molecule is CC(C)N1C(=O)CCN1CC(C)(C)O. The van der Waals surface area contributed by atoms with Crippen LogP contribution in [0, 0.1) is 0 Å². The van der Waals surface area contributed by atoms with Crippen LogP contribution in [0.3, 0.4) is 0 Å². The lowest BCUT2D eigenvalue weighted by molar-refractivity contribution is -0.145. The predicted octanol–water partition coefficient (Wildman–Crippen LogP) is 0.615. The summed E-state index contributed by atoms with van der Waals surface area (Å²) in [6.07, 6.45) is 0.564. The summed E-state index contributed by atoms with van der Waals surface area (Å²) >= 11 is 0. The van der Waals surface area contributed by atoms with E-state index in [0.717, 1.165) is 6.54 Å². The Kier molecular flexibility index (Phi) is 3.17. The van der Waals surface area contributed by atoms with E-state index >= 15 is 0 Å². The zero-order valence-electron chi connectivity index (χ0n) is 9.45. The minimum Gasteiger partial charge on any atom is -0.389 e. The molecule has 4 nitrogen and oxygen atoms in total. The minimum absolute atomic E-state index is 0.157. The van der Waals surface area contributed by atoms with Crippen LogP contribution in [0.2, 0.25) is 0 Å². The Hall–Kier alpha value is -0.610. The average molecular weight is 200 g/mol. The number of carbonyl (C=O) groups is 1. The average Bonchev–Trinajstić information content (AvgIpc) is 2.27. The number of hydrogen-bond acceptors (Lipinski definition) is 3. The van der Waals surface area contributed by atoms with Gasteiger partial charge in [0.1, 0.15) is 0 Å². The van der Waals surface area contributed by atoms with Crippen LogP contribution in [0.4, 0.5) is 0 Å². The molecule has 0 saturated carbocycles. The highest BCUT2D eigenvalue weighted by Crippen LogP contribution is 2.18. The number of carbonyl (C=O) groups excluding carboxylic acids is 1. The van der Waals surface area contributed by atoms with E-state index in [1.807, 2.05) is 18.9 Å². The molecular weight excluding hydrogens is 180 g/mol. The molecule has 0 bridgehead atoms. The highest BCUT2D eigenvalue weighted by molar-refractivity contribution is 5.77. The molecule has 14 heavy (non-hydrogen) atoms. The van der Waals surface area contributed by atoms with Gasteiger partial charge in [0.15, 0.2) is 0 Å². The molecule has 0 spiro atoms. The molecule has 0 aliphatic carbocycles. The number of nitrogens with zero attached hydrogens (tertiary/aromatic N) is 2. The van der Waals surface area contributed by atoms with Gasteiger partial charge in [-0.25, -0.2) is 5.01 Å². The Labute approximate surface area is 85.5 Å². The van der Waals surface area contributed by atoms with Crippen LogP contribution in [0.15, 0.2) is 0 Å². The Morgan fingerprint density at radius 1 is 1.50 bits per heavy atom. The van der Waals surface area contributed by atoms with Gasteiger partial charge in [-0.3, -0.25) is 9.80 Å². The number of β-amino-alcohol motifs (C(OH)–C–C–N with tert-alkyl or cyclic N) is 1. The maximum absolute atomic E-state index is 11.5. The first-order valence-electron chi connectivity index (χ1n) is 5.10. The second-order valence-electron chi connectivity index (χ2n) is 4.78. The Bertz CT molecular complexity index is 221. The summed E-state index contributed by atoms with van der Waals surface area (Å²) in [6.45, 7) is 8.72. The third-order valence-corrected chi connectivity index (χ3v) is 2.20. The van der Waals surface area contributed by atoms with Crippen molar-refractivity contribution in [3.05, 3.63) is 0 Å². The van der Waals surface area contributed by atoms with Crippen molar-refractivity contribution in [1.82, 2.24) is 10.0 Å². The second-order valence-corrected chi connectivity index (χ2v) is 4.78. The summed E-state index contributed by atoms with van der Waals surface area (Å²) < 4.78 is 0. The van der Waals surface area contributed by atoms with E-state index in [1.165, 1.54) is 0 Å². The maximum Gasteiger partial charge on any atom is 0.238 e. The number of hydrazine groups is 1. The number of amides is 1. The number of hydrogen-bond donors (Lipinski definition) is 1. The molecule has 1 amide bonds. The molecule has 0 aromatic rings. The molecule has 0 unspecified atom stereocenters. The first-order chi connectivity index (χ1) is 6.31. The summed E-state index contributed by atoms with van der Waals surface area (Å²) in [5.41, 5.74) is -0.752. The Morgan fingerprint density at radius 3 is 2.50 bits per heavy atom. The van der Waals surface area contributed by atoms with Gasteiger partial charge in [-0.05, 0) is 27.7 Å². The zero-order valence-corrected chi connectivity index (χ0v) is 9.45. The normalized spacial score (nSPS) is 19.9. The third kappa shape index (κ3) is 2.69. The molecule has 1 heterocycles. The van der Waals surface area contributed by atoms with Gasteiger partial charge in [-0.15, -0.1) is 0 Å². The fraction of sp³-hybridized carbons (Fsp3) is 0.900. The van der Waals surface area contributed by atoms with Gasteiger partial charge in [0.05, 0.1) is 5.60 Å². The van der Waals surface area contributed by atoms with E-state index < -0.39 is 5.60 Å². The van der Waals surface area contributed by atoms with Gasteiger partial charge in [-0.1, -0.05) is 0 Å². The summed E-state index contributed by atoms with van der Waals surface area (Å²) in [5.74, 6) is 0.157. The van der Waals surface area contributed by atoms with E-state index in [-0.39, 0.29) is 11.9 Å². The smallest absolute Gasteiger partial charge is 0.238 e. The lowest BCUT2D eigenvalue weighted by Gasteiger charge is -2.34. The van der Waals surface area contributed by atoms with Crippen molar-refractivity contribution in [1.29, 1.82) is 0 Å². The first kappa shape index (κ1) is 11.5. The van der Waals surface area contributed by atoms with E-state index in [2.05, 4.69) is 0 Å². The van der Waals surface area contributed by atoms with Crippen molar-refractivity contribution in [2.45, 2.75) is 45.8 Å². The van der Waals surface area contributed by atoms with Crippen LogP contribution in [-0.4, -0.2) is 45.8 Å². The van der Waals surface area contributed by atoms with Crippen LogP contribution >= 0.6 is 0 Å². The quantitative estimate of drug-likeness (QED) is 0.726. The zero-order chi connectivity index (χ0) is 10.9. The first-order valence-corrected chi connectivity index (χ1v) is 5.10. The van der Waals surface area contributed by atoms with Crippen molar-refractivity contribution in [2.75, 3.05) is 13.1 Å². The topological polar surface area (TPSA) is 43.8 Å². The van der Waals surface area contributed by atoms with Gasteiger partial charge in [-0.2, -0.15) is 0 Å². The summed E-state index contributed by atoms with van der Waals surface area (Å²) in [6, 6.07) is 0.173. The van der Waals surface area contributed by atoms with Crippen molar-refractivity contribution < 1.29 is 9.90 Å². The Balaban J connectivity index is 2.65. The summed E-state index contributed by atoms with van der Waals surface area (Å²) in [7, 11) is 0. The van der Waals surface area contributed by atoms with Gasteiger partial charge < -0.3 is 5.11 Å². The van der Waals surface area contributed by atoms with E-state index in [4.69, 9.17) is 0 Å². The largest absolute Gasteiger partial charge is 0.389 e. The van der Waals surface area contributed by atoms with Gasteiger partial charge in [0, 0.05) is 25.6 Å². The van der Waals surface area contributed by atoms with Gasteiger partial charge >= 0.3 is 0 Å². The predicted molar refractivity (Wildman–Crippen MR) is 54.5 cm³/mol. The van der Waals surface area contributed by atoms with Crippen molar-refractivity contribution in [3.8, 4) is 0 Å². The van der Waals surface area contributed by atoms with Crippen molar-refractivity contribution in [2.24, 2.45) is 0 Å². The fourth-order valence-electron chi connectivity index (χ4n) is 1.82. The molecule has 1 fully saturated rings. The van der Waals surface area contributed by atoms with Crippen LogP contribution in [0.1, 0.15) is 34.1 Å². The summed E-state index contributed by atoms with van der Waals surface area (Å²) in [4.78, 5) is 11.5. The minimum atomic E-state index is -0.752. The molecule has 1 saturated heterocycles. The maximum atomic E-state index is 11.5. The molecular formula is C10H20N2O2. The van der Waals surface area contributed by atoms with Crippen LogP contribution in [0.25, 0.3) is 0 Å². The summed E-state index contributed by atoms with van der Waals surface area (Å²) in [5, 5.41) is 13.4. The molecule has 1 rings (SSSR count). The number of aliphatic hydroxyl groups is 1. The molecule has 1 N–H and O–H groups in total. The highest BCUT2D eigenvalue weighted by atomic mass is 16.3. The Morgan fingerprint density at radius 2 is 2.07 bits per heavy atom. The number of rotatable bonds is 3. The van der Waals surface area contributed by atoms with E-state index in [1.54, 1.807) is 18.9 Å². The molecule has 82 valence electrons. The van der Waals surface area contributed by atoms with E-state index in [0.29, 0.717) is 13.0 Å². The second kappa shape index (κ2) is 3.87. The molecule has 0 aromatic carbocycles. The van der Waals surface area contributed by atoms with Crippen LogP contribution < -0.4 is 0 Å². The lowest BCUT2D eigenvalue weighted by Crippen LogP contribution is -2.49. The van der Waals surface area contributed by atoms with Crippen LogP contribution in [0.5, 0.6) is 0 Å². The van der Waals surface area contributed by atoms with Crippen LogP contribution in [-0.2, 0) is 4.79 Å². The standard InChI is InChI=1S/C10H20N2O2/c1-8(2)12-9(13)5-6-11(12)7-10(3,4)14/h8,14H,5-7H2,1-4H3. The third-order valence-electron chi connectivity index (χ3n) is 2.20. The highest BCUT2D eigenvalue weighted by Gasteiger charge is 2.33. The molecule has 0 aromatic heterocycles. The molecule has 1 aliphatic rings. The van der Waals surface area contributed by atoms with Gasteiger partial charge in [0.2, 0.25) is 5.91 Å². The van der Waals surface area contributed by atoms with Crippen molar-refractivity contribution in [3.63, 3.8) is 0 Å². The van der Waals surface area contributed by atoms with E-state index in [9.17, 15) is 9.90 Å². The van der Waals surface area contributed by atoms with Gasteiger partial charge in [0.25, 0.3) is 0 Å². The molecule has 1 aliphatic heterocycles. The molecule has 4 heteroatoms. The molecule has 0 radical (unpaired) electrons.